The Balaban J connectivity index is 3.00. The van der Waals surface area contributed by atoms with E-state index in [2.05, 4.69) is 5.32 Å². The molecule has 21 heavy (non-hydrogen) atoms. The van der Waals surface area contributed by atoms with E-state index in [4.69, 9.17) is 4.74 Å². The number of unbranched alkanes of at least 4 members (excludes halogenated alkanes) is 1. The van der Waals surface area contributed by atoms with Crippen LogP contribution in [-0.4, -0.2) is 24.4 Å². The first kappa shape index (κ1) is 17.3. The van der Waals surface area contributed by atoms with Crippen molar-refractivity contribution >= 4 is 17.4 Å². The van der Waals surface area contributed by atoms with E-state index in [0.717, 1.165) is 12.8 Å². The second-order valence-corrected chi connectivity index (χ2v) is 5.06. The standard InChI is InChI=1S/C16H22FNO3/c1-5-6-7-21-11(3)16(20)13-8-10(2)14(17)9-15(13)18-12(4)19/h8-9,11H,5-7H2,1-4H3,(H,18,19)/t11-/m0/s1. The minimum atomic E-state index is -0.631. The average Bonchev–Trinajstić information content (AvgIpc) is 2.41. The number of amides is 1. The molecule has 0 fully saturated rings. The molecule has 0 spiro atoms. The molecule has 0 unspecified atom stereocenters. The summed E-state index contributed by atoms with van der Waals surface area (Å²) in [6.07, 6.45) is 1.22. The first-order valence-corrected chi connectivity index (χ1v) is 7.10. The molecule has 1 N–H and O–H groups in total. The Kier molecular flexibility index (Phi) is 6.49. The summed E-state index contributed by atoms with van der Waals surface area (Å²) in [5.41, 5.74) is 0.808. The molecule has 0 aliphatic heterocycles. The van der Waals surface area contributed by atoms with Crippen LogP contribution in [-0.2, 0) is 9.53 Å². The summed E-state index contributed by atoms with van der Waals surface area (Å²) >= 11 is 0. The van der Waals surface area contributed by atoms with E-state index in [9.17, 15) is 14.0 Å². The molecule has 5 heteroatoms. The molecule has 0 radical (unpaired) electrons. The third-order valence-corrected chi connectivity index (χ3v) is 3.11. The Morgan fingerprint density at radius 2 is 2.05 bits per heavy atom. The molecule has 4 nitrogen and oxygen atoms in total. The zero-order valence-corrected chi connectivity index (χ0v) is 13.0. The van der Waals surface area contributed by atoms with Gasteiger partial charge in [0.25, 0.3) is 0 Å². The van der Waals surface area contributed by atoms with E-state index in [-0.39, 0.29) is 22.9 Å². The molecule has 0 heterocycles. The molecule has 0 saturated carbocycles. The molecular weight excluding hydrogens is 273 g/mol. The third kappa shape index (κ3) is 4.93. The number of anilines is 1. The van der Waals surface area contributed by atoms with Crippen LogP contribution in [0.5, 0.6) is 0 Å². The highest BCUT2D eigenvalue weighted by Crippen LogP contribution is 2.23. The van der Waals surface area contributed by atoms with Crippen LogP contribution in [0.25, 0.3) is 0 Å². The second-order valence-electron chi connectivity index (χ2n) is 5.06. The highest BCUT2D eigenvalue weighted by Gasteiger charge is 2.21. The van der Waals surface area contributed by atoms with Crippen molar-refractivity contribution in [2.75, 3.05) is 11.9 Å². The topological polar surface area (TPSA) is 55.4 Å². The minimum Gasteiger partial charge on any atom is -0.370 e. The molecule has 0 aliphatic rings. The number of nitrogens with one attached hydrogen (secondary N) is 1. The van der Waals surface area contributed by atoms with Gasteiger partial charge in [0.2, 0.25) is 5.91 Å². The Bertz CT molecular complexity index is 528. The summed E-state index contributed by atoms with van der Waals surface area (Å²) in [6, 6.07) is 2.62. The minimum absolute atomic E-state index is 0.182. The van der Waals surface area contributed by atoms with Crippen LogP contribution >= 0.6 is 0 Å². The second kappa shape index (κ2) is 7.88. The SMILES string of the molecule is CCCCO[C@@H](C)C(=O)c1cc(C)c(F)cc1NC(C)=O. The number of Topliss-reactive ketones (excluding diaryl/α,β-unsaturated/α-hetero) is 1. The monoisotopic (exact) mass is 295 g/mol. The maximum Gasteiger partial charge on any atom is 0.221 e. The van der Waals surface area contributed by atoms with Crippen LogP contribution in [0.4, 0.5) is 10.1 Å². The zero-order chi connectivity index (χ0) is 16.0. The Morgan fingerprint density at radius 3 is 2.62 bits per heavy atom. The maximum atomic E-state index is 13.6. The normalized spacial score (nSPS) is 12.0. The fraction of sp³-hybridized carbons (Fsp3) is 0.500. The van der Waals surface area contributed by atoms with Gasteiger partial charge in [-0.15, -0.1) is 0 Å². The molecule has 0 saturated heterocycles. The molecule has 1 rings (SSSR count). The maximum absolute atomic E-state index is 13.6. The lowest BCUT2D eigenvalue weighted by Gasteiger charge is -2.16. The number of ether oxygens (including phenoxy) is 1. The quantitative estimate of drug-likeness (QED) is 0.619. The van der Waals surface area contributed by atoms with Gasteiger partial charge in [-0.2, -0.15) is 0 Å². The number of benzene rings is 1. The summed E-state index contributed by atoms with van der Waals surface area (Å²) < 4.78 is 19.1. The number of hydrogen-bond acceptors (Lipinski definition) is 3. The molecule has 0 aromatic heterocycles. The van der Waals surface area contributed by atoms with Gasteiger partial charge in [0.1, 0.15) is 11.9 Å². The van der Waals surface area contributed by atoms with Gasteiger partial charge in [-0.1, -0.05) is 13.3 Å². The van der Waals surface area contributed by atoms with Crippen molar-refractivity contribution in [2.24, 2.45) is 0 Å². The van der Waals surface area contributed by atoms with Gasteiger partial charge in [0, 0.05) is 19.1 Å². The van der Waals surface area contributed by atoms with Gasteiger partial charge in [-0.25, -0.2) is 4.39 Å². The van der Waals surface area contributed by atoms with Crippen molar-refractivity contribution in [1.82, 2.24) is 0 Å². The van der Waals surface area contributed by atoms with Crippen molar-refractivity contribution in [3.05, 3.63) is 29.1 Å². The number of aryl methyl sites for hydroxylation is 1. The molecule has 1 amide bonds. The van der Waals surface area contributed by atoms with Crippen LogP contribution in [0.1, 0.15) is 49.5 Å². The van der Waals surface area contributed by atoms with E-state index in [1.54, 1.807) is 13.8 Å². The molecule has 1 atom stereocenters. The van der Waals surface area contributed by atoms with Gasteiger partial charge in [-0.3, -0.25) is 9.59 Å². The molecule has 116 valence electrons. The van der Waals surface area contributed by atoms with Crippen LogP contribution in [0.3, 0.4) is 0 Å². The number of carbonyl (C=O) groups excluding carboxylic acids is 2. The number of halogens is 1. The number of carbonyl (C=O) groups is 2. The van der Waals surface area contributed by atoms with Gasteiger partial charge in [0.15, 0.2) is 5.78 Å². The van der Waals surface area contributed by atoms with Crippen LogP contribution < -0.4 is 5.32 Å². The van der Waals surface area contributed by atoms with Crippen molar-refractivity contribution < 1.29 is 18.7 Å². The molecular formula is C16H22FNO3. The number of hydrogen-bond donors (Lipinski definition) is 1. The molecule has 1 aromatic carbocycles. The average molecular weight is 295 g/mol. The Hall–Kier alpha value is -1.75. The third-order valence-electron chi connectivity index (χ3n) is 3.11. The first-order valence-electron chi connectivity index (χ1n) is 7.10. The fourth-order valence-corrected chi connectivity index (χ4v) is 1.88. The highest BCUT2D eigenvalue weighted by atomic mass is 19.1. The van der Waals surface area contributed by atoms with Crippen molar-refractivity contribution in [1.29, 1.82) is 0 Å². The number of rotatable bonds is 7. The van der Waals surface area contributed by atoms with E-state index in [1.807, 2.05) is 6.92 Å². The van der Waals surface area contributed by atoms with Crippen molar-refractivity contribution in [3.63, 3.8) is 0 Å². The zero-order valence-electron chi connectivity index (χ0n) is 13.0. The fourth-order valence-electron chi connectivity index (χ4n) is 1.88. The van der Waals surface area contributed by atoms with Crippen molar-refractivity contribution in [2.45, 2.75) is 46.6 Å². The smallest absolute Gasteiger partial charge is 0.221 e. The largest absolute Gasteiger partial charge is 0.370 e. The summed E-state index contributed by atoms with van der Waals surface area (Å²) in [4.78, 5) is 23.6. The van der Waals surface area contributed by atoms with Crippen LogP contribution in [0.15, 0.2) is 12.1 Å². The summed E-state index contributed by atoms with van der Waals surface area (Å²) in [7, 11) is 0. The molecule has 0 bridgehead atoms. The lowest BCUT2D eigenvalue weighted by atomic mass is 10.0. The summed E-state index contributed by atoms with van der Waals surface area (Å²) in [6.45, 7) is 7.08. The van der Waals surface area contributed by atoms with Crippen LogP contribution in [0, 0.1) is 12.7 Å². The Morgan fingerprint density at radius 1 is 1.38 bits per heavy atom. The highest BCUT2D eigenvalue weighted by molar-refractivity contribution is 6.06. The summed E-state index contributed by atoms with van der Waals surface area (Å²) in [5.74, 6) is -1.08. The molecule has 1 aromatic rings. The van der Waals surface area contributed by atoms with E-state index < -0.39 is 11.9 Å². The van der Waals surface area contributed by atoms with E-state index >= 15 is 0 Å². The Labute approximate surface area is 124 Å². The first-order chi connectivity index (χ1) is 9.86. The predicted molar refractivity (Wildman–Crippen MR) is 80.1 cm³/mol. The molecule has 0 aliphatic carbocycles. The van der Waals surface area contributed by atoms with Gasteiger partial charge >= 0.3 is 0 Å². The summed E-state index contributed by atoms with van der Waals surface area (Å²) in [5, 5.41) is 2.49. The number of ketones is 1. The van der Waals surface area contributed by atoms with Gasteiger partial charge in [-0.05, 0) is 38.0 Å². The van der Waals surface area contributed by atoms with Crippen molar-refractivity contribution in [3.8, 4) is 0 Å². The lowest BCUT2D eigenvalue weighted by Crippen LogP contribution is -2.23. The van der Waals surface area contributed by atoms with Gasteiger partial charge < -0.3 is 10.1 Å². The predicted octanol–water partition coefficient (Wildman–Crippen LogP) is 3.48. The lowest BCUT2D eigenvalue weighted by molar-refractivity contribution is -0.114. The van der Waals surface area contributed by atoms with E-state index in [0.29, 0.717) is 12.2 Å². The van der Waals surface area contributed by atoms with Crippen LogP contribution in [0.2, 0.25) is 0 Å². The van der Waals surface area contributed by atoms with E-state index in [1.165, 1.54) is 19.1 Å². The van der Waals surface area contributed by atoms with Gasteiger partial charge in [0.05, 0.1) is 5.69 Å².